The highest BCUT2D eigenvalue weighted by Crippen LogP contribution is 2.26. The summed E-state index contributed by atoms with van der Waals surface area (Å²) in [5, 5.41) is 9.07. The molecule has 0 bridgehead atoms. The zero-order chi connectivity index (χ0) is 18.0. The number of pyridine rings is 1. The van der Waals surface area contributed by atoms with Gasteiger partial charge >= 0.3 is 0 Å². The molecule has 0 spiro atoms. The Balaban J connectivity index is 1.78. The van der Waals surface area contributed by atoms with Crippen molar-refractivity contribution < 1.29 is 17.5 Å². The molecule has 1 aromatic carbocycles. The number of benzene rings is 1. The highest BCUT2D eigenvalue weighted by atomic mass is 32.2. The van der Waals surface area contributed by atoms with Gasteiger partial charge in [0, 0.05) is 12.2 Å². The maximum absolute atomic E-state index is 13.7. The molecule has 1 saturated heterocycles. The molecule has 0 aliphatic carbocycles. The SMILES string of the molecule is Cc1ccc(O[C@@H]2CCN(S(=O)(=O)c3cccc(F)c3C#N)C2)cn1. The van der Waals surface area contributed by atoms with Crippen molar-refractivity contribution in [2.45, 2.75) is 24.3 Å². The molecule has 8 heteroatoms. The topological polar surface area (TPSA) is 83.3 Å². The van der Waals surface area contributed by atoms with Crippen LogP contribution in [0.2, 0.25) is 0 Å². The summed E-state index contributed by atoms with van der Waals surface area (Å²) in [5.74, 6) is -0.278. The van der Waals surface area contributed by atoms with E-state index in [0.717, 1.165) is 11.8 Å². The van der Waals surface area contributed by atoms with Crippen LogP contribution in [0, 0.1) is 24.1 Å². The number of hydrogen-bond donors (Lipinski definition) is 0. The third-order valence-corrected chi connectivity index (χ3v) is 5.91. The predicted octanol–water partition coefficient (Wildman–Crippen LogP) is 2.24. The van der Waals surface area contributed by atoms with E-state index in [9.17, 15) is 12.8 Å². The molecular formula is C17H16FN3O3S. The van der Waals surface area contributed by atoms with Crippen molar-refractivity contribution in [3.63, 3.8) is 0 Å². The molecule has 25 heavy (non-hydrogen) atoms. The molecule has 1 fully saturated rings. The minimum Gasteiger partial charge on any atom is -0.487 e. The molecule has 1 aliphatic heterocycles. The average molecular weight is 361 g/mol. The molecule has 0 N–H and O–H groups in total. The number of hydrogen-bond acceptors (Lipinski definition) is 5. The van der Waals surface area contributed by atoms with Crippen LogP contribution in [0.15, 0.2) is 41.4 Å². The van der Waals surface area contributed by atoms with Gasteiger partial charge in [0.15, 0.2) is 0 Å². The third-order valence-electron chi connectivity index (χ3n) is 4.00. The van der Waals surface area contributed by atoms with Crippen molar-refractivity contribution in [1.29, 1.82) is 5.26 Å². The lowest BCUT2D eigenvalue weighted by atomic mass is 10.2. The van der Waals surface area contributed by atoms with Gasteiger partial charge in [0.2, 0.25) is 10.0 Å². The number of aryl methyl sites for hydroxylation is 1. The average Bonchev–Trinajstić information content (AvgIpc) is 3.06. The fourth-order valence-corrected chi connectivity index (χ4v) is 4.33. The van der Waals surface area contributed by atoms with Crippen molar-refractivity contribution in [3.05, 3.63) is 53.6 Å². The van der Waals surface area contributed by atoms with Gasteiger partial charge in [-0.15, -0.1) is 0 Å². The number of aromatic nitrogens is 1. The van der Waals surface area contributed by atoms with Gasteiger partial charge in [0.1, 0.15) is 34.2 Å². The summed E-state index contributed by atoms with van der Waals surface area (Å²) < 4.78 is 46.2. The van der Waals surface area contributed by atoms with Crippen molar-refractivity contribution in [2.24, 2.45) is 0 Å². The molecule has 2 heterocycles. The Bertz CT molecular complexity index is 923. The second-order valence-corrected chi connectivity index (χ2v) is 7.66. The molecule has 3 rings (SSSR count). The molecule has 130 valence electrons. The van der Waals surface area contributed by atoms with E-state index in [1.807, 2.05) is 13.0 Å². The molecular weight excluding hydrogens is 345 g/mol. The molecule has 2 aromatic rings. The Morgan fingerprint density at radius 3 is 2.84 bits per heavy atom. The van der Waals surface area contributed by atoms with Crippen LogP contribution in [0.5, 0.6) is 5.75 Å². The van der Waals surface area contributed by atoms with E-state index in [1.165, 1.54) is 16.4 Å². The van der Waals surface area contributed by atoms with Crippen molar-refractivity contribution in [1.82, 2.24) is 9.29 Å². The van der Waals surface area contributed by atoms with Gasteiger partial charge in [0.25, 0.3) is 0 Å². The zero-order valence-electron chi connectivity index (χ0n) is 13.5. The zero-order valence-corrected chi connectivity index (χ0v) is 14.3. The number of rotatable bonds is 4. The normalized spacial score (nSPS) is 18.0. The van der Waals surface area contributed by atoms with E-state index >= 15 is 0 Å². The smallest absolute Gasteiger partial charge is 0.244 e. The summed E-state index contributed by atoms with van der Waals surface area (Å²) in [5.41, 5.74) is 0.396. The molecule has 1 aliphatic rings. The summed E-state index contributed by atoms with van der Waals surface area (Å²) in [4.78, 5) is 3.82. The standard InChI is InChI=1S/C17H16FN3O3S/c1-12-5-6-13(10-20-12)24-14-7-8-21(11-14)25(22,23)17-4-2-3-16(18)15(17)9-19/h2-6,10,14H,7-8,11H2,1H3/t14-/m1/s1. The Hall–Kier alpha value is -2.50. The molecule has 1 aromatic heterocycles. The largest absolute Gasteiger partial charge is 0.487 e. The molecule has 0 radical (unpaired) electrons. The van der Waals surface area contributed by atoms with Gasteiger partial charge in [-0.1, -0.05) is 6.07 Å². The van der Waals surface area contributed by atoms with E-state index in [4.69, 9.17) is 10.00 Å². The molecule has 1 atom stereocenters. The lowest BCUT2D eigenvalue weighted by molar-refractivity contribution is 0.214. The molecule has 6 nitrogen and oxygen atoms in total. The number of nitrogens with zero attached hydrogens (tertiary/aromatic N) is 3. The van der Waals surface area contributed by atoms with E-state index in [0.29, 0.717) is 12.2 Å². The van der Waals surface area contributed by atoms with Crippen LogP contribution >= 0.6 is 0 Å². The lowest BCUT2D eigenvalue weighted by Crippen LogP contribution is -2.31. The van der Waals surface area contributed by atoms with Gasteiger partial charge in [-0.05, 0) is 37.6 Å². The van der Waals surface area contributed by atoms with Crippen LogP contribution in [0.3, 0.4) is 0 Å². The second-order valence-electron chi connectivity index (χ2n) is 5.75. The second kappa shape index (κ2) is 6.78. The molecule has 0 saturated carbocycles. The monoisotopic (exact) mass is 361 g/mol. The van der Waals surface area contributed by atoms with Gasteiger partial charge in [0.05, 0.1) is 12.7 Å². The molecule has 0 unspecified atom stereocenters. The van der Waals surface area contributed by atoms with Crippen LogP contribution in [0.4, 0.5) is 4.39 Å². The Morgan fingerprint density at radius 1 is 1.36 bits per heavy atom. The predicted molar refractivity (Wildman–Crippen MR) is 87.9 cm³/mol. The Morgan fingerprint density at radius 2 is 2.16 bits per heavy atom. The fraction of sp³-hybridized carbons (Fsp3) is 0.294. The van der Waals surface area contributed by atoms with Gasteiger partial charge < -0.3 is 4.74 Å². The van der Waals surface area contributed by atoms with Crippen LogP contribution < -0.4 is 4.74 Å². The summed E-state index contributed by atoms with van der Waals surface area (Å²) in [6.07, 6.45) is 1.77. The first-order valence-corrected chi connectivity index (χ1v) is 9.14. The van der Waals surface area contributed by atoms with Crippen molar-refractivity contribution >= 4 is 10.0 Å². The van der Waals surface area contributed by atoms with E-state index in [1.54, 1.807) is 18.3 Å². The van der Waals surface area contributed by atoms with E-state index in [2.05, 4.69) is 4.98 Å². The maximum Gasteiger partial charge on any atom is 0.244 e. The van der Waals surface area contributed by atoms with Crippen LogP contribution in [-0.4, -0.2) is 36.9 Å². The summed E-state index contributed by atoms with van der Waals surface area (Å²) in [6, 6.07) is 8.81. The number of ether oxygens (including phenoxy) is 1. The van der Waals surface area contributed by atoms with Gasteiger partial charge in [-0.3, -0.25) is 4.98 Å². The van der Waals surface area contributed by atoms with E-state index < -0.39 is 21.4 Å². The number of halogens is 1. The third kappa shape index (κ3) is 3.48. The minimum atomic E-state index is -3.96. The lowest BCUT2D eigenvalue weighted by Gasteiger charge is -2.18. The minimum absolute atomic E-state index is 0.136. The van der Waals surface area contributed by atoms with Gasteiger partial charge in [-0.25, -0.2) is 12.8 Å². The van der Waals surface area contributed by atoms with Crippen molar-refractivity contribution in [2.75, 3.05) is 13.1 Å². The molecule has 0 amide bonds. The maximum atomic E-state index is 13.7. The summed E-state index contributed by atoms with van der Waals surface area (Å²) in [7, 11) is -3.96. The Labute approximate surface area is 145 Å². The van der Waals surface area contributed by atoms with Crippen molar-refractivity contribution in [3.8, 4) is 11.8 Å². The van der Waals surface area contributed by atoms with Crippen LogP contribution in [0.25, 0.3) is 0 Å². The van der Waals surface area contributed by atoms with E-state index in [-0.39, 0.29) is 24.1 Å². The fourth-order valence-electron chi connectivity index (χ4n) is 2.70. The first-order chi connectivity index (χ1) is 11.9. The first kappa shape index (κ1) is 17.3. The van der Waals surface area contributed by atoms with Crippen LogP contribution in [0.1, 0.15) is 17.7 Å². The highest BCUT2D eigenvalue weighted by Gasteiger charge is 2.35. The number of nitriles is 1. The summed E-state index contributed by atoms with van der Waals surface area (Å²) >= 11 is 0. The Kier molecular flexibility index (Phi) is 4.70. The van der Waals surface area contributed by atoms with Gasteiger partial charge in [-0.2, -0.15) is 9.57 Å². The highest BCUT2D eigenvalue weighted by molar-refractivity contribution is 7.89. The van der Waals surface area contributed by atoms with Crippen LogP contribution in [-0.2, 0) is 10.0 Å². The number of sulfonamides is 1. The summed E-state index contributed by atoms with van der Waals surface area (Å²) in [6.45, 7) is 2.24. The first-order valence-electron chi connectivity index (χ1n) is 7.70. The quantitative estimate of drug-likeness (QED) is 0.834.